The summed E-state index contributed by atoms with van der Waals surface area (Å²) < 4.78 is 27.9. The molecule has 1 aromatic heterocycles. The molecule has 3 aliphatic rings. The molecule has 1 amide bonds. The second-order valence-corrected chi connectivity index (χ2v) is 14.5. The number of hydrazone groups is 1. The fourth-order valence-corrected chi connectivity index (χ4v) is 8.87. The van der Waals surface area contributed by atoms with Gasteiger partial charge >= 0.3 is 0 Å². The lowest BCUT2D eigenvalue weighted by molar-refractivity contribution is -0.139. The van der Waals surface area contributed by atoms with E-state index in [1.54, 1.807) is 22.5 Å². The highest BCUT2D eigenvalue weighted by Gasteiger charge is 2.46. The molecule has 3 heterocycles. The van der Waals surface area contributed by atoms with Gasteiger partial charge in [0.25, 0.3) is 10.0 Å². The van der Waals surface area contributed by atoms with Crippen molar-refractivity contribution in [1.82, 2.24) is 9.31 Å². The quantitative estimate of drug-likeness (QED) is 0.303. The zero-order valence-electron chi connectivity index (χ0n) is 21.7. The van der Waals surface area contributed by atoms with Gasteiger partial charge in [-0.2, -0.15) is 9.41 Å². The average Bonchev–Trinajstić information content (AvgIpc) is 3.64. The van der Waals surface area contributed by atoms with Crippen molar-refractivity contribution in [2.24, 2.45) is 16.9 Å². The smallest absolute Gasteiger partial charge is 0.252 e. The lowest BCUT2D eigenvalue weighted by atomic mass is 9.77. The van der Waals surface area contributed by atoms with Crippen molar-refractivity contribution in [1.29, 1.82) is 0 Å². The van der Waals surface area contributed by atoms with Gasteiger partial charge < -0.3 is 0 Å². The minimum atomic E-state index is -3.53. The Morgan fingerprint density at radius 3 is 2.27 bits per heavy atom. The third-order valence-electron chi connectivity index (χ3n) is 8.04. The van der Waals surface area contributed by atoms with Gasteiger partial charge in [-0.3, -0.25) is 4.79 Å². The van der Waals surface area contributed by atoms with E-state index in [4.69, 9.17) is 28.3 Å². The molecule has 1 saturated heterocycles. The molecule has 1 aliphatic carbocycles. The van der Waals surface area contributed by atoms with Crippen LogP contribution in [0, 0.1) is 11.8 Å². The predicted octanol–water partition coefficient (Wildman–Crippen LogP) is 7.28. The number of piperidine rings is 1. The number of allylic oxidation sites excluding steroid dienone is 1. The molecule has 6 rings (SSSR count). The summed E-state index contributed by atoms with van der Waals surface area (Å²) in [4.78, 5) is 14.1. The summed E-state index contributed by atoms with van der Waals surface area (Å²) in [6, 6.07) is 18.6. The molecule has 1 saturated carbocycles. The van der Waals surface area contributed by atoms with E-state index in [0.29, 0.717) is 40.2 Å². The van der Waals surface area contributed by atoms with Crippen LogP contribution in [0.15, 0.2) is 80.9 Å². The normalized spacial score (nSPS) is 23.3. The molecule has 40 heavy (non-hydrogen) atoms. The van der Waals surface area contributed by atoms with Gasteiger partial charge in [0.05, 0.1) is 11.8 Å². The molecule has 0 spiro atoms. The van der Waals surface area contributed by atoms with Crippen molar-refractivity contribution in [2.45, 2.75) is 42.4 Å². The summed E-state index contributed by atoms with van der Waals surface area (Å²) in [5.74, 6) is -0.254. The first-order valence-corrected chi connectivity index (χ1v) is 16.6. The Balaban J connectivity index is 1.28. The van der Waals surface area contributed by atoms with Crippen molar-refractivity contribution in [3.63, 3.8) is 0 Å². The number of halogens is 2. The van der Waals surface area contributed by atoms with Crippen molar-refractivity contribution in [3.8, 4) is 0 Å². The van der Waals surface area contributed by atoms with E-state index in [0.717, 1.165) is 41.7 Å². The Kier molecular flexibility index (Phi) is 7.90. The molecule has 0 unspecified atom stereocenters. The van der Waals surface area contributed by atoms with Gasteiger partial charge in [0.2, 0.25) is 5.91 Å². The first kappa shape index (κ1) is 27.7. The molecule has 208 valence electrons. The number of hydrogen-bond acceptors (Lipinski definition) is 5. The third kappa shape index (κ3) is 5.40. The number of hydrogen-bond donors (Lipinski definition) is 0. The molecule has 2 fully saturated rings. The number of nitrogens with zero attached hydrogens (tertiary/aromatic N) is 3. The fourth-order valence-electron chi connectivity index (χ4n) is 6.00. The molecule has 2 aliphatic heterocycles. The van der Waals surface area contributed by atoms with Crippen LogP contribution in [0.25, 0.3) is 6.08 Å². The van der Waals surface area contributed by atoms with Crippen LogP contribution < -0.4 is 0 Å². The topological polar surface area (TPSA) is 70.1 Å². The highest BCUT2D eigenvalue weighted by Crippen LogP contribution is 2.45. The highest BCUT2D eigenvalue weighted by atomic mass is 35.5. The highest BCUT2D eigenvalue weighted by molar-refractivity contribution is 7.91. The average molecular weight is 615 g/mol. The minimum Gasteiger partial charge on any atom is -0.273 e. The van der Waals surface area contributed by atoms with E-state index in [1.165, 1.54) is 15.6 Å². The molecule has 2 aromatic carbocycles. The number of amides is 1. The second-order valence-electron chi connectivity index (χ2n) is 10.5. The van der Waals surface area contributed by atoms with Crippen LogP contribution >= 0.6 is 34.5 Å². The van der Waals surface area contributed by atoms with E-state index < -0.39 is 10.0 Å². The zero-order chi connectivity index (χ0) is 27.9. The zero-order valence-corrected chi connectivity index (χ0v) is 24.9. The lowest BCUT2D eigenvalue weighted by Gasteiger charge is -2.34. The Labute approximate surface area is 249 Å². The number of carbonyl (C=O) groups is 1. The second kappa shape index (κ2) is 11.4. The van der Waals surface area contributed by atoms with Crippen LogP contribution in [0.4, 0.5) is 0 Å². The maximum Gasteiger partial charge on any atom is 0.252 e. The maximum atomic E-state index is 14.1. The number of rotatable bonds is 5. The van der Waals surface area contributed by atoms with Gasteiger partial charge in [-0.25, -0.2) is 13.4 Å². The molecule has 0 N–H and O–H groups in total. The van der Waals surface area contributed by atoms with E-state index in [-0.39, 0.29) is 23.8 Å². The van der Waals surface area contributed by atoms with Gasteiger partial charge in [-0.1, -0.05) is 53.5 Å². The van der Waals surface area contributed by atoms with Crippen molar-refractivity contribution in [2.75, 3.05) is 13.1 Å². The largest absolute Gasteiger partial charge is 0.273 e. The number of carbonyl (C=O) groups excluding carboxylic acids is 1. The van der Waals surface area contributed by atoms with Gasteiger partial charge in [-0.15, -0.1) is 11.3 Å². The van der Waals surface area contributed by atoms with Crippen molar-refractivity contribution in [3.05, 3.63) is 92.8 Å². The Morgan fingerprint density at radius 2 is 1.62 bits per heavy atom. The molecule has 0 radical (unpaired) electrons. The lowest BCUT2D eigenvalue weighted by Crippen LogP contribution is -2.43. The van der Waals surface area contributed by atoms with Crippen LogP contribution in [0.3, 0.4) is 0 Å². The molecule has 0 bridgehead atoms. The fraction of sp³-hybridized carbons (Fsp3) is 0.333. The number of thiophene rings is 1. The molecule has 10 heteroatoms. The first-order chi connectivity index (χ1) is 19.3. The van der Waals surface area contributed by atoms with E-state index in [9.17, 15) is 13.2 Å². The molecule has 6 nitrogen and oxygen atoms in total. The Morgan fingerprint density at radius 1 is 0.950 bits per heavy atom. The van der Waals surface area contributed by atoms with Crippen LogP contribution in [-0.2, 0) is 14.8 Å². The Bertz CT molecular complexity index is 1540. The van der Waals surface area contributed by atoms with Crippen LogP contribution in [0.5, 0.6) is 0 Å². The molecular formula is C30H29Cl2N3O3S2. The van der Waals surface area contributed by atoms with Gasteiger partial charge in [0, 0.05) is 35.0 Å². The molecule has 3 aromatic rings. The van der Waals surface area contributed by atoms with Crippen LogP contribution in [0.2, 0.25) is 10.0 Å². The number of sulfonamides is 1. The third-order valence-corrected chi connectivity index (χ3v) is 11.8. The van der Waals surface area contributed by atoms with Gasteiger partial charge in [-0.05, 0) is 90.6 Å². The Hall–Kier alpha value is -2.49. The van der Waals surface area contributed by atoms with Gasteiger partial charge in [0.15, 0.2) is 0 Å². The summed E-state index contributed by atoms with van der Waals surface area (Å²) in [7, 11) is -3.53. The number of fused-ring (bicyclic) bond motifs is 1. The van der Waals surface area contributed by atoms with Crippen molar-refractivity contribution < 1.29 is 13.2 Å². The van der Waals surface area contributed by atoms with E-state index in [2.05, 4.69) is 6.08 Å². The standard InChI is InChI=1S/C30H29Cl2N3O3S2/c31-24-10-6-20(7-11-24)19-23-3-1-4-26-28(23)33-35(29(26)21-8-12-25(32)13-9-21)30(36)22-14-16-34(17-15-22)40(37,38)27-5-2-18-39-27/h2,5-13,18-19,22,26,29H,1,3-4,14-17H2/b23-19-/t26-,29-/m0/s1. The summed E-state index contributed by atoms with van der Waals surface area (Å²) in [5.41, 5.74) is 4.17. The van der Waals surface area contributed by atoms with Crippen LogP contribution in [0.1, 0.15) is 49.3 Å². The van der Waals surface area contributed by atoms with E-state index in [1.807, 2.05) is 48.5 Å². The minimum absolute atomic E-state index is 0.0409. The van der Waals surface area contributed by atoms with Crippen molar-refractivity contribution >= 4 is 62.3 Å². The summed E-state index contributed by atoms with van der Waals surface area (Å²) >= 11 is 13.5. The van der Waals surface area contributed by atoms with Crippen LogP contribution in [-0.4, -0.2) is 42.4 Å². The van der Waals surface area contributed by atoms with E-state index >= 15 is 0 Å². The maximum absolute atomic E-state index is 14.1. The SMILES string of the molecule is O=C(C1CCN(S(=O)(=O)c2cccs2)CC1)N1N=C2/C(=C\c3ccc(Cl)cc3)CCC[C@@H]2[C@@H]1c1ccc(Cl)cc1. The summed E-state index contributed by atoms with van der Waals surface area (Å²) in [6.45, 7) is 0.635. The first-order valence-electron chi connectivity index (χ1n) is 13.5. The number of benzene rings is 2. The summed E-state index contributed by atoms with van der Waals surface area (Å²) in [6.07, 6.45) is 5.93. The molecule has 2 atom stereocenters. The summed E-state index contributed by atoms with van der Waals surface area (Å²) in [5, 5.41) is 9.81. The molecular weight excluding hydrogens is 585 g/mol. The monoisotopic (exact) mass is 613 g/mol. The van der Waals surface area contributed by atoms with Gasteiger partial charge in [0.1, 0.15) is 4.21 Å². The predicted molar refractivity (Wildman–Crippen MR) is 161 cm³/mol.